The van der Waals surface area contributed by atoms with Gasteiger partial charge in [0.15, 0.2) is 5.75 Å². The maximum atomic E-state index is 12.8. The molecule has 2 aromatic rings. The molecule has 7 heteroatoms. The highest BCUT2D eigenvalue weighted by atomic mass is 35.5. The van der Waals surface area contributed by atoms with Crippen molar-refractivity contribution >= 4 is 29.0 Å². The second kappa shape index (κ2) is 8.52. The lowest BCUT2D eigenvalue weighted by Crippen LogP contribution is -2.54. The van der Waals surface area contributed by atoms with Gasteiger partial charge >= 0.3 is 0 Å². The summed E-state index contributed by atoms with van der Waals surface area (Å²) in [5.74, 6) is 3.18. The van der Waals surface area contributed by atoms with Gasteiger partial charge in [-0.1, -0.05) is 30.7 Å². The number of hydrogen-bond donors (Lipinski definition) is 1. The van der Waals surface area contributed by atoms with Crippen LogP contribution in [0.25, 0.3) is 0 Å². The number of hydrogen-bond acceptors (Lipinski definition) is 5. The fourth-order valence-corrected chi connectivity index (χ4v) is 4.76. The Labute approximate surface area is 187 Å². The lowest BCUT2D eigenvalue weighted by atomic mass is 10.1. The van der Waals surface area contributed by atoms with Crippen molar-refractivity contribution in [3.05, 3.63) is 53.1 Å². The van der Waals surface area contributed by atoms with Crippen molar-refractivity contribution in [2.75, 3.05) is 32.7 Å². The van der Waals surface area contributed by atoms with Gasteiger partial charge in [-0.25, -0.2) is 4.99 Å². The summed E-state index contributed by atoms with van der Waals surface area (Å²) in [4.78, 5) is 22.0. The number of para-hydroxylation sites is 1. The zero-order valence-corrected chi connectivity index (χ0v) is 18.4. The minimum Gasteiger partial charge on any atom is -0.454 e. The van der Waals surface area contributed by atoms with E-state index in [1.165, 1.54) is 0 Å². The first kappa shape index (κ1) is 20.3. The lowest BCUT2D eigenvalue weighted by Gasteiger charge is -2.36. The van der Waals surface area contributed by atoms with Gasteiger partial charge in [-0.2, -0.15) is 0 Å². The first-order chi connectivity index (χ1) is 15.1. The van der Waals surface area contributed by atoms with Crippen LogP contribution in [0.4, 0.5) is 5.69 Å². The molecule has 2 aromatic carbocycles. The molecule has 6 nitrogen and oxygen atoms in total. The minimum absolute atomic E-state index is 0.0926. The summed E-state index contributed by atoms with van der Waals surface area (Å²) in [6.45, 7) is 6.31. The van der Waals surface area contributed by atoms with E-state index in [0.717, 1.165) is 62.0 Å². The van der Waals surface area contributed by atoms with E-state index < -0.39 is 0 Å². The van der Waals surface area contributed by atoms with Gasteiger partial charge in [-0.15, -0.1) is 0 Å². The van der Waals surface area contributed by atoms with Crippen LogP contribution >= 0.6 is 11.6 Å². The quantitative estimate of drug-likeness (QED) is 0.768. The molecular formula is C24H27ClN4O2. The van der Waals surface area contributed by atoms with Crippen molar-refractivity contribution in [1.29, 1.82) is 0 Å². The number of amidine groups is 1. The van der Waals surface area contributed by atoms with Gasteiger partial charge in [0.1, 0.15) is 17.3 Å². The van der Waals surface area contributed by atoms with Crippen molar-refractivity contribution in [1.82, 2.24) is 15.1 Å². The topological polar surface area (TPSA) is 57.2 Å². The predicted molar refractivity (Wildman–Crippen MR) is 123 cm³/mol. The Balaban J connectivity index is 1.40. The van der Waals surface area contributed by atoms with Gasteiger partial charge in [-0.3, -0.25) is 4.79 Å². The third-order valence-corrected chi connectivity index (χ3v) is 6.48. The zero-order chi connectivity index (χ0) is 21.4. The van der Waals surface area contributed by atoms with E-state index in [9.17, 15) is 4.79 Å². The van der Waals surface area contributed by atoms with Crippen LogP contribution in [0.5, 0.6) is 11.5 Å². The molecule has 1 N–H and O–H groups in total. The number of carbonyl (C=O) groups excluding carboxylic acids is 1. The van der Waals surface area contributed by atoms with E-state index in [2.05, 4.69) is 17.1 Å². The monoisotopic (exact) mass is 438 g/mol. The molecule has 5 rings (SSSR count). The SMILES string of the molecule is C[C@@H]1CCN(C(=O)C[C@H]2CN(C3=Nc4cc(Cl)ccc4Oc4ccccc43)CCN2)C1. The molecule has 0 spiro atoms. The molecule has 2 saturated heterocycles. The molecule has 0 radical (unpaired) electrons. The number of likely N-dealkylation sites (tertiary alicyclic amines) is 1. The van der Waals surface area contributed by atoms with E-state index >= 15 is 0 Å². The van der Waals surface area contributed by atoms with Crippen molar-refractivity contribution in [2.45, 2.75) is 25.8 Å². The molecule has 0 aromatic heterocycles. The van der Waals surface area contributed by atoms with Gasteiger partial charge < -0.3 is 19.9 Å². The molecule has 3 aliphatic heterocycles. The van der Waals surface area contributed by atoms with Crippen molar-refractivity contribution in [3.63, 3.8) is 0 Å². The van der Waals surface area contributed by atoms with Crippen LogP contribution in [0.15, 0.2) is 47.5 Å². The number of halogens is 1. The summed E-state index contributed by atoms with van der Waals surface area (Å²) in [6.07, 6.45) is 1.61. The maximum Gasteiger partial charge on any atom is 0.224 e. The van der Waals surface area contributed by atoms with Crippen LogP contribution in [0.1, 0.15) is 25.3 Å². The summed E-state index contributed by atoms with van der Waals surface area (Å²) in [7, 11) is 0. The number of amides is 1. The number of fused-ring (bicyclic) bond motifs is 2. The molecular weight excluding hydrogens is 412 g/mol. The largest absolute Gasteiger partial charge is 0.454 e. The molecule has 1 amide bonds. The normalized spacial score (nSPS) is 22.8. The first-order valence-electron chi connectivity index (χ1n) is 11.0. The second-order valence-corrected chi connectivity index (χ2v) is 9.12. The fourth-order valence-electron chi connectivity index (χ4n) is 4.59. The van der Waals surface area contributed by atoms with Gasteiger partial charge in [-0.05, 0) is 42.7 Å². The highest BCUT2D eigenvalue weighted by Crippen LogP contribution is 2.39. The summed E-state index contributed by atoms with van der Waals surface area (Å²) >= 11 is 6.24. The summed E-state index contributed by atoms with van der Waals surface area (Å²) < 4.78 is 6.17. The number of ether oxygens (including phenoxy) is 1. The van der Waals surface area contributed by atoms with Crippen molar-refractivity contribution in [3.8, 4) is 11.5 Å². The molecule has 2 fully saturated rings. The number of nitrogens with one attached hydrogen (secondary N) is 1. The Morgan fingerprint density at radius 2 is 2.06 bits per heavy atom. The Morgan fingerprint density at radius 3 is 2.90 bits per heavy atom. The van der Waals surface area contributed by atoms with Crippen LogP contribution in [-0.2, 0) is 4.79 Å². The van der Waals surface area contributed by atoms with Crippen LogP contribution in [0.3, 0.4) is 0 Å². The minimum atomic E-state index is 0.0926. The van der Waals surface area contributed by atoms with Crippen LogP contribution in [-0.4, -0.2) is 60.3 Å². The number of carbonyl (C=O) groups is 1. The molecule has 31 heavy (non-hydrogen) atoms. The zero-order valence-electron chi connectivity index (χ0n) is 17.7. The fraction of sp³-hybridized carbons (Fsp3) is 0.417. The van der Waals surface area contributed by atoms with E-state index in [-0.39, 0.29) is 11.9 Å². The maximum absolute atomic E-state index is 12.8. The number of piperazine rings is 1. The highest BCUT2D eigenvalue weighted by molar-refractivity contribution is 6.31. The van der Waals surface area contributed by atoms with Crippen molar-refractivity contribution in [2.24, 2.45) is 10.9 Å². The van der Waals surface area contributed by atoms with E-state index in [1.807, 2.05) is 47.4 Å². The van der Waals surface area contributed by atoms with Crippen LogP contribution < -0.4 is 10.1 Å². The summed E-state index contributed by atoms with van der Waals surface area (Å²) in [6, 6.07) is 13.6. The molecule has 0 bridgehead atoms. The molecule has 0 unspecified atom stereocenters. The number of benzene rings is 2. The third-order valence-electron chi connectivity index (χ3n) is 6.25. The Kier molecular flexibility index (Phi) is 5.59. The number of aliphatic imine (C=N–C) groups is 1. The average Bonchev–Trinajstić information content (AvgIpc) is 3.13. The second-order valence-electron chi connectivity index (χ2n) is 8.68. The predicted octanol–water partition coefficient (Wildman–Crippen LogP) is 4.06. The molecule has 0 aliphatic carbocycles. The van der Waals surface area contributed by atoms with Crippen LogP contribution in [0, 0.1) is 5.92 Å². The van der Waals surface area contributed by atoms with Crippen molar-refractivity contribution < 1.29 is 9.53 Å². The Hall–Kier alpha value is -2.57. The van der Waals surface area contributed by atoms with Gasteiger partial charge in [0, 0.05) is 50.2 Å². The van der Waals surface area contributed by atoms with Crippen LogP contribution in [0.2, 0.25) is 5.02 Å². The number of nitrogens with zero attached hydrogens (tertiary/aromatic N) is 3. The molecule has 2 atom stereocenters. The van der Waals surface area contributed by atoms with Gasteiger partial charge in [0.2, 0.25) is 5.91 Å². The third kappa shape index (κ3) is 4.27. The standard InChI is InChI=1S/C24H27ClN4O2/c1-16-8-10-28(14-16)23(30)13-18-15-29(11-9-26-18)24-19-4-2-3-5-21(19)31-22-7-6-17(25)12-20(22)27-24/h2-7,12,16,18,26H,8-11,13-15H2,1H3/t16-,18+/m1/s1. The molecule has 3 aliphatic rings. The molecule has 0 saturated carbocycles. The van der Waals surface area contributed by atoms with E-state index in [0.29, 0.717) is 23.1 Å². The van der Waals surface area contributed by atoms with E-state index in [1.54, 1.807) is 0 Å². The summed E-state index contributed by atoms with van der Waals surface area (Å²) in [5, 5.41) is 4.15. The Morgan fingerprint density at radius 1 is 1.19 bits per heavy atom. The number of rotatable bonds is 2. The average molecular weight is 439 g/mol. The Bertz CT molecular complexity index is 1020. The highest BCUT2D eigenvalue weighted by Gasteiger charge is 2.30. The molecule has 162 valence electrons. The molecule has 3 heterocycles. The van der Waals surface area contributed by atoms with Gasteiger partial charge in [0.25, 0.3) is 0 Å². The van der Waals surface area contributed by atoms with Gasteiger partial charge in [0.05, 0.1) is 5.56 Å². The first-order valence-corrected chi connectivity index (χ1v) is 11.4. The lowest BCUT2D eigenvalue weighted by molar-refractivity contribution is -0.131. The summed E-state index contributed by atoms with van der Waals surface area (Å²) in [5.41, 5.74) is 1.67. The smallest absolute Gasteiger partial charge is 0.224 e. The van der Waals surface area contributed by atoms with E-state index in [4.69, 9.17) is 21.3 Å².